The second-order valence-corrected chi connectivity index (χ2v) is 6.68. The van der Waals surface area contributed by atoms with Crippen LogP contribution in [0.5, 0.6) is 0 Å². The Morgan fingerprint density at radius 3 is 2.62 bits per heavy atom. The van der Waals surface area contributed by atoms with Crippen LogP contribution in [0.3, 0.4) is 0 Å². The minimum atomic E-state index is -3.60. The van der Waals surface area contributed by atoms with Crippen molar-refractivity contribution in [1.82, 2.24) is 4.31 Å². The van der Waals surface area contributed by atoms with Crippen LogP contribution < -0.4 is 0 Å². The average molecular weight is 302 g/mol. The fraction of sp³-hybridized carbons (Fsp3) is 0.300. The quantitative estimate of drug-likeness (QED) is 0.794. The van der Waals surface area contributed by atoms with Gasteiger partial charge in [-0.1, -0.05) is 15.9 Å². The zero-order valence-electron chi connectivity index (χ0n) is 8.18. The van der Waals surface area contributed by atoms with Crippen molar-refractivity contribution in [3.63, 3.8) is 0 Å². The molecule has 1 aliphatic heterocycles. The van der Waals surface area contributed by atoms with Crippen molar-refractivity contribution < 1.29 is 13.2 Å². The summed E-state index contributed by atoms with van der Waals surface area (Å²) in [6, 6.07) is 4.61. The number of sulfonamides is 1. The number of hydrogen-bond acceptors (Lipinski definition) is 3. The number of rotatable bonds is 1. The van der Waals surface area contributed by atoms with Crippen LogP contribution in [0.15, 0.2) is 27.6 Å². The van der Waals surface area contributed by atoms with Gasteiger partial charge >= 0.3 is 0 Å². The molecule has 0 radical (unpaired) electrons. The molecule has 0 N–H and O–H groups in total. The minimum absolute atomic E-state index is 0.122. The summed E-state index contributed by atoms with van der Waals surface area (Å²) < 4.78 is 25.9. The maximum Gasteiger partial charge on any atom is 0.269 e. The molecule has 0 aromatic heterocycles. The molecule has 1 aromatic rings. The molecule has 4 nitrogen and oxygen atoms in total. The molecule has 84 valence electrons. The number of halogens is 1. The zero-order chi connectivity index (χ0) is 11.5. The maximum atomic E-state index is 12.1. The Balaban J connectivity index is 2.25. The van der Waals surface area contributed by atoms with Crippen LogP contribution in [0.2, 0.25) is 0 Å². The van der Waals surface area contributed by atoms with E-state index in [1.807, 2.05) is 0 Å². The van der Waals surface area contributed by atoms with Gasteiger partial charge in [-0.15, -0.1) is 0 Å². The van der Waals surface area contributed by atoms with Crippen molar-refractivity contribution in [1.29, 1.82) is 0 Å². The van der Waals surface area contributed by atoms with Gasteiger partial charge in [0.2, 0.25) is 0 Å². The van der Waals surface area contributed by atoms with E-state index in [1.54, 1.807) is 12.1 Å². The minimum Gasteiger partial charge on any atom is -0.268 e. The number of amides is 1. The van der Waals surface area contributed by atoms with Crippen LogP contribution in [0.4, 0.5) is 0 Å². The van der Waals surface area contributed by atoms with Gasteiger partial charge in [0.15, 0.2) is 0 Å². The summed E-state index contributed by atoms with van der Waals surface area (Å²) in [4.78, 5) is 12.1. The van der Waals surface area contributed by atoms with Crippen LogP contribution in [0.25, 0.3) is 0 Å². The smallest absolute Gasteiger partial charge is 0.268 e. The van der Waals surface area contributed by atoms with Crippen LogP contribution >= 0.6 is 15.9 Å². The normalized spacial score (nSPS) is 22.3. The molecule has 1 amide bonds. The molecular formula is C10H8BrNO3S. The summed E-state index contributed by atoms with van der Waals surface area (Å²) in [5, 5.41) is 0. The third-order valence-electron chi connectivity index (χ3n) is 2.79. The van der Waals surface area contributed by atoms with Gasteiger partial charge in [-0.25, -0.2) is 12.7 Å². The lowest BCUT2D eigenvalue weighted by Crippen LogP contribution is -2.31. The lowest BCUT2D eigenvalue weighted by molar-refractivity contribution is 0.0865. The molecule has 1 fully saturated rings. The third-order valence-corrected chi connectivity index (χ3v) is 5.16. The molecule has 0 bridgehead atoms. The van der Waals surface area contributed by atoms with E-state index in [2.05, 4.69) is 15.9 Å². The number of hydrogen-bond donors (Lipinski definition) is 0. The topological polar surface area (TPSA) is 54.5 Å². The van der Waals surface area contributed by atoms with E-state index < -0.39 is 10.0 Å². The number of carbonyl (C=O) groups excluding carboxylic acids is 1. The third kappa shape index (κ3) is 1.26. The molecule has 1 aromatic carbocycles. The second kappa shape index (κ2) is 3.07. The Hall–Kier alpha value is -0.880. The van der Waals surface area contributed by atoms with E-state index in [0.717, 1.165) is 17.1 Å². The first-order valence-corrected chi connectivity index (χ1v) is 7.13. The van der Waals surface area contributed by atoms with E-state index in [4.69, 9.17) is 0 Å². The van der Waals surface area contributed by atoms with E-state index in [1.165, 1.54) is 6.07 Å². The van der Waals surface area contributed by atoms with E-state index in [9.17, 15) is 13.2 Å². The Bertz CT molecular complexity index is 592. The summed E-state index contributed by atoms with van der Waals surface area (Å²) in [6.07, 6.45) is 1.56. The van der Waals surface area contributed by atoms with Crippen molar-refractivity contribution in [2.75, 3.05) is 0 Å². The largest absolute Gasteiger partial charge is 0.269 e. The molecule has 3 rings (SSSR count). The molecule has 16 heavy (non-hydrogen) atoms. The van der Waals surface area contributed by atoms with Gasteiger partial charge in [0, 0.05) is 10.5 Å². The lowest BCUT2D eigenvalue weighted by atomic mass is 10.2. The summed E-state index contributed by atoms with van der Waals surface area (Å²) in [7, 11) is -3.60. The number of nitrogens with zero attached hydrogens (tertiary/aromatic N) is 1. The highest BCUT2D eigenvalue weighted by molar-refractivity contribution is 9.10. The zero-order valence-corrected chi connectivity index (χ0v) is 10.6. The Morgan fingerprint density at radius 1 is 1.31 bits per heavy atom. The molecule has 1 aliphatic carbocycles. The molecule has 6 heteroatoms. The molecule has 0 atom stereocenters. The Morgan fingerprint density at radius 2 is 2.00 bits per heavy atom. The predicted molar refractivity (Wildman–Crippen MR) is 60.5 cm³/mol. The highest BCUT2D eigenvalue weighted by atomic mass is 79.9. The first-order valence-electron chi connectivity index (χ1n) is 4.90. The first-order chi connectivity index (χ1) is 7.51. The van der Waals surface area contributed by atoms with Gasteiger partial charge < -0.3 is 0 Å². The first kappa shape index (κ1) is 10.3. The molecule has 1 saturated carbocycles. The van der Waals surface area contributed by atoms with E-state index >= 15 is 0 Å². The van der Waals surface area contributed by atoms with Crippen molar-refractivity contribution >= 4 is 31.9 Å². The summed E-state index contributed by atoms with van der Waals surface area (Å²) in [5.41, 5.74) is 0.287. The maximum absolute atomic E-state index is 12.1. The molecule has 0 saturated heterocycles. The highest BCUT2D eigenvalue weighted by Gasteiger charge is 2.48. The molecule has 1 heterocycles. The monoisotopic (exact) mass is 301 g/mol. The van der Waals surface area contributed by atoms with Gasteiger partial charge in [0.25, 0.3) is 15.9 Å². The standard InChI is InChI=1S/C10H8BrNO3S/c11-6-1-4-8-9(5-6)16(14,15)12(10(8)13)7-2-3-7/h1,4-5,7H,2-3H2. The van der Waals surface area contributed by atoms with Gasteiger partial charge in [0.1, 0.15) is 4.90 Å². The van der Waals surface area contributed by atoms with Crippen LogP contribution in [-0.2, 0) is 10.0 Å². The van der Waals surface area contributed by atoms with E-state index in [-0.39, 0.29) is 22.4 Å². The summed E-state index contributed by atoms with van der Waals surface area (Å²) in [6.45, 7) is 0. The van der Waals surface area contributed by atoms with Crippen molar-refractivity contribution in [3.05, 3.63) is 28.2 Å². The van der Waals surface area contributed by atoms with Crippen LogP contribution in [0.1, 0.15) is 23.2 Å². The molecule has 2 aliphatic rings. The molecule has 0 unspecified atom stereocenters. The van der Waals surface area contributed by atoms with E-state index in [0.29, 0.717) is 4.47 Å². The lowest BCUT2D eigenvalue weighted by Gasteiger charge is -2.12. The number of carbonyl (C=O) groups is 1. The number of benzene rings is 1. The van der Waals surface area contributed by atoms with Gasteiger partial charge in [-0.2, -0.15) is 0 Å². The number of fused-ring (bicyclic) bond motifs is 1. The van der Waals surface area contributed by atoms with Gasteiger partial charge in [-0.05, 0) is 31.0 Å². The average Bonchev–Trinajstić information content (AvgIpc) is 2.98. The summed E-state index contributed by atoms with van der Waals surface area (Å²) >= 11 is 3.21. The van der Waals surface area contributed by atoms with Crippen molar-refractivity contribution in [2.45, 2.75) is 23.8 Å². The van der Waals surface area contributed by atoms with Gasteiger partial charge in [-0.3, -0.25) is 4.79 Å². The van der Waals surface area contributed by atoms with Crippen LogP contribution in [-0.4, -0.2) is 24.7 Å². The fourth-order valence-electron chi connectivity index (χ4n) is 1.89. The Kier molecular flexibility index (Phi) is 1.98. The van der Waals surface area contributed by atoms with Crippen LogP contribution in [0, 0.1) is 0 Å². The molecule has 0 spiro atoms. The summed E-state index contributed by atoms with van der Waals surface area (Å²) in [5.74, 6) is -0.384. The Labute approximate surface area is 101 Å². The van der Waals surface area contributed by atoms with Crippen molar-refractivity contribution in [2.24, 2.45) is 0 Å². The molecular weight excluding hydrogens is 294 g/mol. The predicted octanol–water partition coefficient (Wildman–Crippen LogP) is 1.76. The van der Waals surface area contributed by atoms with Crippen molar-refractivity contribution in [3.8, 4) is 0 Å². The second-order valence-electron chi connectivity index (χ2n) is 3.98. The SMILES string of the molecule is O=C1c2ccc(Br)cc2S(=O)(=O)N1C1CC1. The highest BCUT2D eigenvalue weighted by Crippen LogP contribution is 2.40. The van der Waals surface area contributed by atoms with Gasteiger partial charge in [0.05, 0.1) is 5.56 Å². The fourth-order valence-corrected chi connectivity index (χ4v) is 4.24.